The summed E-state index contributed by atoms with van der Waals surface area (Å²) in [6.07, 6.45) is -10.2. The molecule has 0 saturated heterocycles. The van der Waals surface area contributed by atoms with Crippen LogP contribution in [0.25, 0.3) is 16.9 Å². The predicted octanol–water partition coefficient (Wildman–Crippen LogP) is 3.53. The molecule has 3 heterocycles. The Kier molecular flexibility index (Phi) is 4.20. The van der Waals surface area contributed by atoms with Crippen LogP contribution in [-0.2, 0) is 6.18 Å². The van der Waals surface area contributed by atoms with Crippen LogP contribution in [0, 0.1) is 0 Å². The summed E-state index contributed by atoms with van der Waals surface area (Å²) in [6.45, 7) is 0.829. The summed E-state index contributed by atoms with van der Waals surface area (Å²) in [5.41, 5.74) is 0.277. The first-order valence-electron chi connectivity index (χ1n) is 7.05. The fourth-order valence-corrected chi connectivity index (χ4v) is 1.97. The highest BCUT2D eigenvalue weighted by Gasteiger charge is 2.38. The second-order valence-electron chi connectivity index (χ2n) is 5.20. The Balaban J connectivity index is 1.90. The summed E-state index contributed by atoms with van der Waals surface area (Å²) >= 11 is 0. The van der Waals surface area contributed by atoms with Crippen LogP contribution in [0.4, 0.5) is 26.3 Å². The van der Waals surface area contributed by atoms with E-state index in [2.05, 4.69) is 25.0 Å². The molecule has 0 radical (unpaired) electrons. The van der Waals surface area contributed by atoms with Crippen LogP contribution < -0.4 is 4.74 Å². The van der Waals surface area contributed by atoms with E-state index in [1.165, 1.54) is 24.3 Å². The fraction of sp³-hybridized carbons (Fsp3) is 0.286. The minimum atomic E-state index is -4.74. The topological polar surface area (TPSA) is 65.2 Å². The third kappa shape index (κ3) is 3.53. The van der Waals surface area contributed by atoms with Gasteiger partial charge in [-0.2, -0.15) is 36.0 Å². The van der Waals surface area contributed by atoms with Gasteiger partial charge in [-0.05, 0) is 25.1 Å². The number of halogens is 6. The lowest BCUT2D eigenvalue weighted by Crippen LogP contribution is -2.31. The smallest absolute Gasteiger partial charge is 0.453 e. The average Bonchev–Trinajstić information content (AvgIpc) is 2.98. The predicted molar refractivity (Wildman–Crippen MR) is 75.2 cm³/mol. The molecule has 6 nitrogen and oxygen atoms in total. The summed E-state index contributed by atoms with van der Waals surface area (Å²) in [4.78, 5) is 3.72. The molecule has 0 saturated carbocycles. The van der Waals surface area contributed by atoms with E-state index < -0.39 is 24.3 Å². The molecule has 0 bridgehead atoms. The Morgan fingerprint density at radius 1 is 1.00 bits per heavy atom. The van der Waals surface area contributed by atoms with E-state index in [1.54, 1.807) is 0 Å². The molecule has 0 fully saturated rings. The van der Waals surface area contributed by atoms with Crippen LogP contribution in [0.15, 0.2) is 30.5 Å². The number of nitrogens with zero attached hydrogens (tertiary/aromatic N) is 5. The van der Waals surface area contributed by atoms with Crippen molar-refractivity contribution in [3.63, 3.8) is 0 Å². The minimum Gasteiger partial charge on any atom is -0.465 e. The number of fused-ring (bicyclic) bond motifs is 1. The van der Waals surface area contributed by atoms with Gasteiger partial charge in [-0.1, -0.05) is 0 Å². The fourth-order valence-electron chi connectivity index (χ4n) is 1.97. The van der Waals surface area contributed by atoms with Gasteiger partial charge in [0.1, 0.15) is 0 Å². The Morgan fingerprint density at radius 3 is 2.31 bits per heavy atom. The Hall–Kier alpha value is -2.92. The minimum absolute atomic E-state index is 0.103. The van der Waals surface area contributed by atoms with E-state index in [4.69, 9.17) is 0 Å². The SMILES string of the molecule is C[C@@H](Oc1ccc(-c2ccc3nnc(C(F)(F)F)n3n2)cn1)C(F)(F)F. The van der Waals surface area contributed by atoms with Gasteiger partial charge in [-0.15, -0.1) is 10.2 Å². The molecule has 0 aliphatic heterocycles. The summed E-state index contributed by atoms with van der Waals surface area (Å²) in [7, 11) is 0. The number of hydrogen-bond donors (Lipinski definition) is 0. The second-order valence-corrected chi connectivity index (χ2v) is 5.20. The first-order chi connectivity index (χ1) is 12.1. The van der Waals surface area contributed by atoms with Crippen molar-refractivity contribution in [3.05, 3.63) is 36.3 Å². The lowest BCUT2D eigenvalue weighted by Gasteiger charge is -2.16. The molecule has 26 heavy (non-hydrogen) atoms. The van der Waals surface area contributed by atoms with Crippen LogP contribution in [-0.4, -0.2) is 37.1 Å². The molecule has 3 rings (SSSR count). The largest absolute Gasteiger partial charge is 0.465 e. The summed E-state index contributed by atoms with van der Waals surface area (Å²) in [5, 5.41) is 10.2. The zero-order valence-corrected chi connectivity index (χ0v) is 12.9. The van der Waals surface area contributed by atoms with Gasteiger partial charge in [0.25, 0.3) is 5.82 Å². The maximum atomic E-state index is 12.9. The lowest BCUT2D eigenvalue weighted by molar-refractivity contribution is -0.189. The maximum absolute atomic E-state index is 12.9. The van der Waals surface area contributed by atoms with Gasteiger partial charge in [0.15, 0.2) is 11.8 Å². The van der Waals surface area contributed by atoms with E-state index in [1.807, 2.05) is 0 Å². The molecular weight excluding hydrogens is 368 g/mol. The summed E-state index contributed by atoms with van der Waals surface area (Å²) in [5.74, 6) is -1.57. The van der Waals surface area contributed by atoms with Gasteiger partial charge in [0.05, 0.1) is 5.69 Å². The lowest BCUT2D eigenvalue weighted by atomic mass is 10.2. The zero-order chi connectivity index (χ0) is 19.1. The van der Waals surface area contributed by atoms with Crippen molar-refractivity contribution < 1.29 is 31.1 Å². The molecule has 12 heteroatoms. The number of pyridine rings is 1. The maximum Gasteiger partial charge on any atom is 0.453 e. The second kappa shape index (κ2) is 6.11. The van der Waals surface area contributed by atoms with E-state index in [-0.39, 0.29) is 22.8 Å². The normalized spacial score (nSPS) is 13.8. The van der Waals surface area contributed by atoms with Crippen molar-refractivity contribution in [2.24, 2.45) is 0 Å². The number of rotatable bonds is 3. The third-order valence-electron chi connectivity index (χ3n) is 3.31. The van der Waals surface area contributed by atoms with Gasteiger partial charge in [-0.25, -0.2) is 4.98 Å². The molecule has 1 atom stereocenters. The molecule has 0 amide bonds. The van der Waals surface area contributed by atoms with Crippen LogP contribution >= 0.6 is 0 Å². The first kappa shape index (κ1) is 17.9. The molecular formula is C14H9F6N5O. The van der Waals surface area contributed by atoms with Crippen molar-refractivity contribution in [2.75, 3.05) is 0 Å². The van der Waals surface area contributed by atoms with E-state index in [0.717, 1.165) is 13.1 Å². The van der Waals surface area contributed by atoms with Gasteiger partial charge in [0.2, 0.25) is 5.88 Å². The van der Waals surface area contributed by atoms with Crippen molar-refractivity contribution in [3.8, 4) is 17.1 Å². The Labute approximate surface area is 141 Å². The standard InChI is InChI=1S/C14H9F6N5O/c1-7(13(15,16)17)26-11-5-2-8(6-21-11)9-3-4-10-22-23-12(14(18,19)20)25(10)24-9/h2-7H,1H3/t7-/m1/s1. The number of hydrogen-bond acceptors (Lipinski definition) is 5. The molecule has 0 aliphatic rings. The summed E-state index contributed by atoms with van der Waals surface area (Å²) < 4.78 is 81.2. The van der Waals surface area contributed by atoms with Gasteiger partial charge in [-0.3, -0.25) is 0 Å². The quantitative estimate of drug-likeness (QED) is 0.654. The third-order valence-corrected chi connectivity index (χ3v) is 3.31. The van der Waals surface area contributed by atoms with E-state index in [9.17, 15) is 26.3 Å². The molecule has 3 aromatic rings. The van der Waals surface area contributed by atoms with Crippen molar-refractivity contribution in [2.45, 2.75) is 25.4 Å². The van der Waals surface area contributed by atoms with Crippen molar-refractivity contribution in [1.82, 2.24) is 24.8 Å². The highest BCUT2D eigenvalue weighted by Crippen LogP contribution is 2.28. The van der Waals surface area contributed by atoms with Crippen LogP contribution in [0.3, 0.4) is 0 Å². The van der Waals surface area contributed by atoms with E-state index >= 15 is 0 Å². The Morgan fingerprint density at radius 2 is 1.73 bits per heavy atom. The van der Waals surface area contributed by atoms with Crippen molar-refractivity contribution in [1.29, 1.82) is 0 Å². The van der Waals surface area contributed by atoms with Gasteiger partial charge in [0, 0.05) is 17.8 Å². The summed E-state index contributed by atoms with van der Waals surface area (Å²) in [6, 6.07) is 5.16. The van der Waals surface area contributed by atoms with Crippen LogP contribution in [0.2, 0.25) is 0 Å². The van der Waals surface area contributed by atoms with Gasteiger partial charge < -0.3 is 4.74 Å². The molecule has 0 N–H and O–H groups in total. The monoisotopic (exact) mass is 377 g/mol. The number of aromatic nitrogens is 5. The molecule has 0 unspecified atom stereocenters. The van der Waals surface area contributed by atoms with E-state index in [0.29, 0.717) is 4.52 Å². The molecule has 3 aromatic heterocycles. The highest BCUT2D eigenvalue weighted by molar-refractivity contribution is 5.59. The number of alkyl halides is 6. The Bertz CT molecular complexity index is 918. The number of ether oxygens (including phenoxy) is 1. The molecule has 0 aliphatic carbocycles. The van der Waals surface area contributed by atoms with Crippen LogP contribution in [0.1, 0.15) is 12.7 Å². The average molecular weight is 377 g/mol. The molecule has 0 spiro atoms. The zero-order valence-electron chi connectivity index (χ0n) is 12.9. The van der Waals surface area contributed by atoms with Crippen LogP contribution in [0.5, 0.6) is 5.88 Å². The first-order valence-corrected chi connectivity index (χ1v) is 7.05. The highest BCUT2D eigenvalue weighted by atomic mass is 19.4. The van der Waals surface area contributed by atoms with Gasteiger partial charge >= 0.3 is 12.4 Å². The molecule has 138 valence electrons. The molecule has 0 aromatic carbocycles. The van der Waals surface area contributed by atoms with Crippen molar-refractivity contribution >= 4 is 5.65 Å².